The molecule has 1 unspecified atom stereocenters. The highest BCUT2D eigenvalue weighted by molar-refractivity contribution is 5.89. The molecule has 1 aliphatic heterocycles. The second kappa shape index (κ2) is 9.00. The van der Waals surface area contributed by atoms with Gasteiger partial charge in [0.05, 0.1) is 12.5 Å². The maximum absolute atomic E-state index is 12.6. The summed E-state index contributed by atoms with van der Waals surface area (Å²) in [5.41, 5.74) is 1.19. The van der Waals surface area contributed by atoms with Gasteiger partial charge in [-0.15, -0.1) is 0 Å². The van der Waals surface area contributed by atoms with E-state index >= 15 is 0 Å². The van der Waals surface area contributed by atoms with E-state index in [9.17, 15) is 9.59 Å². The van der Waals surface area contributed by atoms with Crippen molar-refractivity contribution in [3.8, 4) is 0 Å². The van der Waals surface area contributed by atoms with Crippen molar-refractivity contribution in [2.45, 2.75) is 38.8 Å². The topological polar surface area (TPSA) is 52.7 Å². The van der Waals surface area contributed by atoms with E-state index in [1.165, 1.54) is 16.3 Å². The minimum Gasteiger partial charge on any atom is -0.353 e. The van der Waals surface area contributed by atoms with Gasteiger partial charge in [-0.2, -0.15) is 0 Å². The monoisotopic (exact) mass is 367 g/mol. The summed E-state index contributed by atoms with van der Waals surface area (Å²) in [5, 5.41) is 5.32. The number of carbonyl (C=O) groups excluding carboxylic acids is 2. The molecule has 1 aliphatic rings. The maximum Gasteiger partial charge on any atom is 0.237 e. The Morgan fingerprint density at radius 1 is 1.22 bits per heavy atom. The number of hydrogen-bond donors (Lipinski definition) is 1. The van der Waals surface area contributed by atoms with Crippen molar-refractivity contribution in [2.24, 2.45) is 0 Å². The van der Waals surface area contributed by atoms with Crippen molar-refractivity contribution in [2.75, 3.05) is 26.7 Å². The van der Waals surface area contributed by atoms with E-state index in [1.54, 1.807) is 4.90 Å². The van der Waals surface area contributed by atoms with E-state index in [4.69, 9.17) is 0 Å². The van der Waals surface area contributed by atoms with Crippen LogP contribution >= 0.6 is 0 Å². The van der Waals surface area contributed by atoms with Crippen LogP contribution in [0.15, 0.2) is 42.5 Å². The molecule has 1 N–H and O–H groups in total. The van der Waals surface area contributed by atoms with Crippen LogP contribution in [0.5, 0.6) is 0 Å². The smallest absolute Gasteiger partial charge is 0.237 e. The average Bonchev–Trinajstić information content (AvgIpc) is 2.68. The highest BCUT2D eigenvalue weighted by Crippen LogP contribution is 2.22. The summed E-state index contributed by atoms with van der Waals surface area (Å²) in [6.07, 6.45) is 2.27. The molecule has 5 nitrogen and oxygen atoms in total. The van der Waals surface area contributed by atoms with Gasteiger partial charge in [0.25, 0.3) is 0 Å². The molecule has 0 aliphatic carbocycles. The van der Waals surface area contributed by atoms with Crippen LogP contribution in [-0.4, -0.2) is 54.3 Å². The Hall–Kier alpha value is -2.40. The first kappa shape index (κ1) is 19.4. The minimum atomic E-state index is -0.408. The fourth-order valence-corrected chi connectivity index (χ4v) is 3.66. The van der Waals surface area contributed by atoms with Crippen molar-refractivity contribution in [3.05, 3.63) is 48.0 Å². The molecule has 2 amide bonds. The molecule has 0 bridgehead atoms. The molecule has 0 saturated carbocycles. The first-order chi connectivity index (χ1) is 13.1. The standard InChI is InChI=1S/C22H29N3O2/c1-3-4-13-24(2)21(26)15-20-22(27)23-12-14-25(20)16-18-10-7-9-17-8-5-6-11-19(17)18/h5-11,20H,3-4,12-16H2,1-2H3,(H,23,27). The Bertz CT molecular complexity index is 800. The molecule has 144 valence electrons. The molecule has 1 saturated heterocycles. The number of benzene rings is 2. The SMILES string of the molecule is CCCCN(C)C(=O)CC1C(=O)NCCN1Cc1cccc2ccccc12. The fourth-order valence-electron chi connectivity index (χ4n) is 3.66. The lowest BCUT2D eigenvalue weighted by Crippen LogP contribution is -2.56. The van der Waals surface area contributed by atoms with Gasteiger partial charge in [0.2, 0.25) is 11.8 Å². The second-order valence-electron chi connectivity index (χ2n) is 7.29. The molecule has 2 aromatic carbocycles. The third-order valence-corrected chi connectivity index (χ3v) is 5.34. The average molecular weight is 367 g/mol. The lowest BCUT2D eigenvalue weighted by atomic mass is 10.0. The van der Waals surface area contributed by atoms with Gasteiger partial charge in [-0.3, -0.25) is 14.5 Å². The maximum atomic E-state index is 12.6. The first-order valence-electron chi connectivity index (χ1n) is 9.82. The lowest BCUT2D eigenvalue weighted by molar-refractivity contribution is -0.138. The van der Waals surface area contributed by atoms with Gasteiger partial charge in [-0.1, -0.05) is 55.8 Å². The zero-order chi connectivity index (χ0) is 19.2. The molecule has 0 radical (unpaired) electrons. The van der Waals surface area contributed by atoms with E-state index in [-0.39, 0.29) is 18.2 Å². The van der Waals surface area contributed by atoms with Crippen LogP contribution in [0.3, 0.4) is 0 Å². The number of unbranched alkanes of at least 4 members (excludes halogenated alkanes) is 1. The van der Waals surface area contributed by atoms with Gasteiger partial charge in [0, 0.05) is 33.2 Å². The van der Waals surface area contributed by atoms with Crippen LogP contribution in [-0.2, 0) is 16.1 Å². The number of piperazine rings is 1. The van der Waals surface area contributed by atoms with Gasteiger partial charge in [0.15, 0.2) is 0 Å². The third-order valence-electron chi connectivity index (χ3n) is 5.34. The van der Waals surface area contributed by atoms with Crippen molar-refractivity contribution in [1.29, 1.82) is 0 Å². The van der Waals surface area contributed by atoms with Crippen molar-refractivity contribution < 1.29 is 9.59 Å². The number of nitrogens with zero attached hydrogens (tertiary/aromatic N) is 2. The largest absolute Gasteiger partial charge is 0.353 e. The summed E-state index contributed by atoms with van der Waals surface area (Å²) in [7, 11) is 1.83. The van der Waals surface area contributed by atoms with E-state index in [0.717, 1.165) is 25.9 Å². The summed E-state index contributed by atoms with van der Waals surface area (Å²) in [6, 6.07) is 14.2. The molecule has 0 spiro atoms. The van der Waals surface area contributed by atoms with Crippen LogP contribution in [0.4, 0.5) is 0 Å². The summed E-state index contributed by atoms with van der Waals surface area (Å²) in [6.45, 7) is 4.91. The number of nitrogens with one attached hydrogen (secondary N) is 1. The molecular weight excluding hydrogens is 338 g/mol. The van der Waals surface area contributed by atoms with E-state index in [2.05, 4.69) is 47.5 Å². The minimum absolute atomic E-state index is 0.0356. The quantitative estimate of drug-likeness (QED) is 0.819. The molecule has 0 aromatic heterocycles. The Balaban J connectivity index is 1.76. The predicted molar refractivity (Wildman–Crippen MR) is 108 cm³/mol. The molecular formula is C22H29N3O2. The zero-order valence-corrected chi connectivity index (χ0v) is 16.3. The predicted octanol–water partition coefficient (Wildman–Crippen LogP) is 2.79. The van der Waals surface area contributed by atoms with E-state index in [0.29, 0.717) is 13.1 Å². The number of rotatable bonds is 7. The number of carbonyl (C=O) groups is 2. The molecule has 1 fully saturated rings. The van der Waals surface area contributed by atoms with Crippen LogP contribution in [0, 0.1) is 0 Å². The lowest BCUT2D eigenvalue weighted by Gasteiger charge is -2.35. The Labute approximate surface area is 161 Å². The van der Waals surface area contributed by atoms with Crippen LogP contribution in [0.25, 0.3) is 10.8 Å². The van der Waals surface area contributed by atoms with E-state index in [1.807, 2.05) is 19.2 Å². The fraction of sp³-hybridized carbons (Fsp3) is 0.455. The normalized spacial score (nSPS) is 17.7. The van der Waals surface area contributed by atoms with E-state index < -0.39 is 6.04 Å². The first-order valence-corrected chi connectivity index (χ1v) is 9.82. The van der Waals surface area contributed by atoms with Crippen molar-refractivity contribution in [3.63, 3.8) is 0 Å². The van der Waals surface area contributed by atoms with Crippen LogP contribution < -0.4 is 5.32 Å². The molecule has 3 rings (SSSR count). The zero-order valence-electron chi connectivity index (χ0n) is 16.3. The Morgan fingerprint density at radius 2 is 2.00 bits per heavy atom. The Morgan fingerprint density at radius 3 is 2.81 bits per heavy atom. The summed E-state index contributed by atoms with van der Waals surface area (Å²) >= 11 is 0. The van der Waals surface area contributed by atoms with Gasteiger partial charge in [-0.05, 0) is 22.8 Å². The van der Waals surface area contributed by atoms with Crippen LogP contribution in [0.1, 0.15) is 31.7 Å². The van der Waals surface area contributed by atoms with Crippen molar-refractivity contribution in [1.82, 2.24) is 15.1 Å². The Kier molecular flexibility index (Phi) is 6.45. The van der Waals surface area contributed by atoms with Gasteiger partial charge < -0.3 is 10.2 Å². The second-order valence-corrected chi connectivity index (χ2v) is 7.29. The third kappa shape index (κ3) is 4.66. The molecule has 1 atom stereocenters. The molecule has 27 heavy (non-hydrogen) atoms. The molecule has 1 heterocycles. The number of hydrogen-bond acceptors (Lipinski definition) is 3. The van der Waals surface area contributed by atoms with Crippen LogP contribution in [0.2, 0.25) is 0 Å². The molecule has 2 aromatic rings. The highest BCUT2D eigenvalue weighted by Gasteiger charge is 2.32. The van der Waals surface area contributed by atoms with Gasteiger partial charge >= 0.3 is 0 Å². The van der Waals surface area contributed by atoms with Gasteiger partial charge in [-0.25, -0.2) is 0 Å². The number of amides is 2. The summed E-state index contributed by atoms with van der Waals surface area (Å²) in [4.78, 5) is 29.0. The molecule has 5 heteroatoms. The number of fused-ring (bicyclic) bond motifs is 1. The summed E-state index contributed by atoms with van der Waals surface area (Å²) < 4.78 is 0. The highest BCUT2D eigenvalue weighted by atomic mass is 16.2. The summed E-state index contributed by atoms with van der Waals surface area (Å²) in [5.74, 6) is -0.00727. The van der Waals surface area contributed by atoms with Gasteiger partial charge in [0.1, 0.15) is 0 Å². The van der Waals surface area contributed by atoms with Crippen molar-refractivity contribution >= 4 is 22.6 Å².